The van der Waals surface area contributed by atoms with Gasteiger partial charge in [-0.1, -0.05) is 13.3 Å². The van der Waals surface area contributed by atoms with E-state index in [1.807, 2.05) is 6.92 Å². The number of carbonyl (C=O) groups excluding carboxylic acids is 1. The predicted octanol–water partition coefficient (Wildman–Crippen LogP) is 3.08. The van der Waals surface area contributed by atoms with Crippen LogP contribution in [0.3, 0.4) is 0 Å². The minimum absolute atomic E-state index is 0.0222. The molecule has 1 aromatic carbocycles. The Labute approximate surface area is 139 Å². The van der Waals surface area contributed by atoms with Crippen LogP contribution in [0, 0.1) is 17.0 Å². The van der Waals surface area contributed by atoms with E-state index in [4.69, 9.17) is 4.74 Å². The van der Waals surface area contributed by atoms with Crippen LogP contribution < -0.4 is 4.74 Å². The normalized spacial score (nSPS) is 20.8. The number of nitrogens with zero attached hydrogens (tertiary/aromatic N) is 1. The minimum atomic E-state index is -1.05. The Morgan fingerprint density at radius 1 is 1.33 bits per heavy atom. The monoisotopic (exact) mass is 341 g/mol. The van der Waals surface area contributed by atoms with Gasteiger partial charge in [0, 0.05) is 25.2 Å². The van der Waals surface area contributed by atoms with Crippen molar-refractivity contribution in [3.05, 3.63) is 29.3 Å². The number of hydrogen-bond donors (Lipinski definition) is 1. The number of rotatable bonds is 5. The zero-order chi connectivity index (χ0) is 17.9. The van der Waals surface area contributed by atoms with Crippen LogP contribution in [0.5, 0.6) is 5.75 Å². The highest BCUT2D eigenvalue weighted by Gasteiger charge is 2.43. The van der Waals surface area contributed by atoms with E-state index in [2.05, 4.69) is 0 Å². The summed E-state index contributed by atoms with van der Waals surface area (Å²) in [6, 6.07) is 1.88. The van der Waals surface area contributed by atoms with E-state index in [9.17, 15) is 23.5 Å². The standard InChI is InChI=1S/C17H21F2NO4/c1-3-5-17(16(22)23)6-4-7-20(10-17)15(21)14-12(18)8-11(24-2)9-13(14)19/h8-9H,3-7,10H2,1-2H3,(H,22,23)/t17-/m1/s1. The van der Waals surface area contributed by atoms with Crippen LogP contribution >= 0.6 is 0 Å². The molecule has 0 unspecified atom stereocenters. The number of likely N-dealkylation sites (tertiary alicyclic amines) is 1. The molecule has 1 saturated heterocycles. The molecule has 1 amide bonds. The van der Waals surface area contributed by atoms with Crippen molar-refractivity contribution in [2.45, 2.75) is 32.6 Å². The van der Waals surface area contributed by atoms with Crippen molar-refractivity contribution in [3.8, 4) is 5.75 Å². The van der Waals surface area contributed by atoms with Gasteiger partial charge in [0.25, 0.3) is 5.91 Å². The SMILES string of the molecule is CCC[C@@]1(C(=O)O)CCCN(C(=O)c2c(F)cc(OC)cc2F)C1. The molecule has 0 aromatic heterocycles. The summed E-state index contributed by atoms with van der Waals surface area (Å²) in [4.78, 5) is 25.5. The van der Waals surface area contributed by atoms with Crippen LogP contribution in [0.2, 0.25) is 0 Å². The minimum Gasteiger partial charge on any atom is -0.497 e. The number of piperidine rings is 1. The lowest BCUT2D eigenvalue weighted by molar-refractivity contribution is -0.152. The number of carboxylic acid groups (broad SMARTS) is 1. The summed E-state index contributed by atoms with van der Waals surface area (Å²) in [7, 11) is 1.27. The van der Waals surface area contributed by atoms with E-state index in [0.717, 1.165) is 12.1 Å². The number of benzene rings is 1. The molecule has 0 saturated carbocycles. The molecule has 1 N–H and O–H groups in total. The smallest absolute Gasteiger partial charge is 0.311 e. The van der Waals surface area contributed by atoms with E-state index in [1.165, 1.54) is 12.0 Å². The summed E-state index contributed by atoms with van der Waals surface area (Å²) in [6.07, 6.45) is 2.00. The van der Waals surface area contributed by atoms with Crippen LogP contribution in [0.1, 0.15) is 43.0 Å². The van der Waals surface area contributed by atoms with Gasteiger partial charge >= 0.3 is 5.97 Å². The second-order valence-corrected chi connectivity index (χ2v) is 6.13. The third-order valence-corrected chi connectivity index (χ3v) is 4.51. The van der Waals surface area contributed by atoms with Gasteiger partial charge in [-0.05, 0) is 19.3 Å². The first-order chi connectivity index (χ1) is 11.3. The van der Waals surface area contributed by atoms with Gasteiger partial charge in [-0.2, -0.15) is 0 Å². The van der Waals surface area contributed by atoms with Crippen molar-refractivity contribution in [2.75, 3.05) is 20.2 Å². The van der Waals surface area contributed by atoms with Gasteiger partial charge in [-0.3, -0.25) is 9.59 Å². The Balaban J connectivity index is 2.31. The molecule has 0 bridgehead atoms. The lowest BCUT2D eigenvalue weighted by atomic mass is 9.76. The molecule has 1 heterocycles. The number of amides is 1. The largest absolute Gasteiger partial charge is 0.497 e. The molecule has 1 aliphatic rings. The van der Waals surface area contributed by atoms with Crippen molar-refractivity contribution >= 4 is 11.9 Å². The third kappa shape index (κ3) is 3.34. The van der Waals surface area contributed by atoms with Gasteiger partial charge in [0.15, 0.2) is 0 Å². The summed E-state index contributed by atoms with van der Waals surface area (Å²) < 4.78 is 33.0. The molecule has 0 radical (unpaired) electrons. The maximum Gasteiger partial charge on any atom is 0.311 e. The highest BCUT2D eigenvalue weighted by Crippen LogP contribution is 2.36. The zero-order valence-corrected chi connectivity index (χ0v) is 13.8. The second-order valence-electron chi connectivity index (χ2n) is 6.13. The average molecular weight is 341 g/mol. The first-order valence-corrected chi connectivity index (χ1v) is 7.90. The van der Waals surface area contributed by atoms with Gasteiger partial charge in [-0.25, -0.2) is 8.78 Å². The van der Waals surface area contributed by atoms with E-state index >= 15 is 0 Å². The van der Waals surface area contributed by atoms with Gasteiger partial charge < -0.3 is 14.7 Å². The predicted molar refractivity (Wildman–Crippen MR) is 83.0 cm³/mol. The molecule has 0 spiro atoms. The Hall–Kier alpha value is -2.18. The molecule has 1 fully saturated rings. The lowest BCUT2D eigenvalue weighted by Crippen LogP contribution is -2.50. The Morgan fingerprint density at radius 3 is 2.46 bits per heavy atom. The maximum absolute atomic E-state index is 14.1. The molecule has 0 aliphatic carbocycles. The number of ether oxygens (including phenoxy) is 1. The molecule has 1 aromatic rings. The van der Waals surface area contributed by atoms with Gasteiger partial charge in [0.2, 0.25) is 0 Å². The van der Waals surface area contributed by atoms with Crippen molar-refractivity contribution in [1.29, 1.82) is 0 Å². The van der Waals surface area contributed by atoms with Crippen molar-refractivity contribution in [2.24, 2.45) is 5.41 Å². The molecule has 1 aliphatic heterocycles. The molecule has 2 rings (SSSR count). The van der Waals surface area contributed by atoms with Crippen LogP contribution in [0.15, 0.2) is 12.1 Å². The quantitative estimate of drug-likeness (QED) is 0.894. The van der Waals surface area contributed by atoms with Crippen molar-refractivity contribution in [1.82, 2.24) is 4.90 Å². The lowest BCUT2D eigenvalue weighted by Gasteiger charge is -2.40. The molecule has 7 heteroatoms. The number of carbonyl (C=O) groups is 2. The summed E-state index contributed by atoms with van der Waals surface area (Å²) in [5.74, 6) is -3.85. The highest BCUT2D eigenvalue weighted by atomic mass is 19.1. The van der Waals surface area contributed by atoms with Crippen LogP contribution in [0.4, 0.5) is 8.78 Å². The average Bonchev–Trinajstić information content (AvgIpc) is 2.54. The van der Waals surface area contributed by atoms with E-state index < -0.39 is 34.5 Å². The number of halogens is 2. The number of hydrogen-bond acceptors (Lipinski definition) is 3. The van der Waals surface area contributed by atoms with Crippen molar-refractivity contribution in [3.63, 3.8) is 0 Å². The van der Waals surface area contributed by atoms with E-state index in [1.54, 1.807) is 0 Å². The van der Waals surface area contributed by atoms with Gasteiger partial charge in [0.05, 0.1) is 12.5 Å². The molecule has 132 valence electrons. The topological polar surface area (TPSA) is 66.8 Å². The molecular formula is C17H21F2NO4. The van der Waals surface area contributed by atoms with E-state index in [0.29, 0.717) is 25.7 Å². The van der Waals surface area contributed by atoms with Gasteiger partial charge in [-0.15, -0.1) is 0 Å². The summed E-state index contributed by atoms with van der Waals surface area (Å²) in [5.41, 5.74) is -1.73. The fraction of sp³-hybridized carbons (Fsp3) is 0.529. The number of methoxy groups -OCH3 is 1. The fourth-order valence-corrected chi connectivity index (χ4v) is 3.30. The molecule has 24 heavy (non-hydrogen) atoms. The van der Waals surface area contributed by atoms with Crippen LogP contribution in [0.25, 0.3) is 0 Å². The molecule has 1 atom stereocenters. The maximum atomic E-state index is 14.1. The molecular weight excluding hydrogens is 320 g/mol. The van der Waals surface area contributed by atoms with E-state index in [-0.39, 0.29) is 18.8 Å². The Morgan fingerprint density at radius 2 is 1.96 bits per heavy atom. The summed E-state index contributed by atoms with van der Waals surface area (Å²) in [5, 5.41) is 9.56. The number of aliphatic carboxylic acids is 1. The summed E-state index contributed by atoms with van der Waals surface area (Å²) >= 11 is 0. The first-order valence-electron chi connectivity index (χ1n) is 7.90. The Kier molecular flexibility index (Phi) is 5.41. The third-order valence-electron chi connectivity index (χ3n) is 4.51. The first kappa shape index (κ1) is 18.2. The Bertz CT molecular complexity index is 622. The molecule has 5 nitrogen and oxygen atoms in total. The zero-order valence-electron chi connectivity index (χ0n) is 13.8. The van der Waals surface area contributed by atoms with Crippen LogP contribution in [-0.2, 0) is 4.79 Å². The summed E-state index contributed by atoms with van der Waals surface area (Å²) in [6.45, 7) is 2.11. The number of carboxylic acids is 1. The highest BCUT2D eigenvalue weighted by molar-refractivity contribution is 5.95. The van der Waals surface area contributed by atoms with Crippen LogP contribution in [-0.4, -0.2) is 42.1 Å². The fourth-order valence-electron chi connectivity index (χ4n) is 3.30. The second kappa shape index (κ2) is 7.15. The van der Waals surface area contributed by atoms with Crippen molar-refractivity contribution < 1.29 is 28.2 Å². The van der Waals surface area contributed by atoms with Gasteiger partial charge in [0.1, 0.15) is 22.9 Å².